The van der Waals surface area contributed by atoms with Crippen LogP contribution in [0.5, 0.6) is 5.75 Å². The van der Waals surface area contributed by atoms with Gasteiger partial charge in [-0.05, 0) is 76.9 Å². The third-order valence-corrected chi connectivity index (χ3v) is 4.40. The van der Waals surface area contributed by atoms with Crippen LogP contribution in [0.25, 0.3) is 0 Å². The molecule has 1 unspecified atom stereocenters. The molecule has 0 bridgehead atoms. The summed E-state index contributed by atoms with van der Waals surface area (Å²) in [5.41, 5.74) is 2.08. The standard InChI is InChI=1S/C16H16ClIO2/c1-20-13-6-2-11(3-7-13)4-9-16(19)14-10-12(17)5-8-15(14)18/h2-3,5-8,10,16,19H,4,9H2,1H3. The van der Waals surface area contributed by atoms with Gasteiger partial charge >= 0.3 is 0 Å². The Labute approximate surface area is 137 Å². The van der Waals surface area contributed by atoms with Gasteiger partial charge in [0.05, 0.1) is 13.2 Å². The molecule has 0 heterocycles. The van der Waals surface area contributed by atoms with Crippen molar-refractivity contribution in [3.05, 3.63) is 62.2 Å². The molecular formula is C16H16ClIO2. The minimum Gasteiger partial charge on any atom is -0.497 e. The summed E-state index contributed by atoms with van der Waals surface area (Å²) in [6.45, 7) is 0. The zero-order valence-electron chi connectivity index (χ0n) is 11.1. The minimum atomic E-state index is -0.497. The highest BCUT2D eigenvalue weighted by atomic mass is 127. The van der Waals surface area contributed by atoms with Crippen molar-refractivity contribution in [1.82, 2.24) is 0 Å². The molecule has 0 aliphatic heterocycles. The van der Waals surface area contributed by atoms with Gasteiger partial charge in [-0.1, -0.05) is 23.7 Å². The molecule has 0 aromatic heterocycles. The normalized spacial score (nSPS) is 12.2. The minimum absolute atomic E-state index is 0.497. The van der Waals surface area contributed by atoms with Crippen LogP contribution < -0.4 is 4.74 Å². The highest BCUT2D eigenvalue weighted by Gasteiger charge is 2.12. The number of aliphatic hydroxyl groups excluding tert-OH is 1. The van der Waals surface area contributed by atoms with Crippen molar-refractivity contribution in [3.8, 4) is 5.75 Å². The molecule has 0 fully saturated rings. The topological polar surface area (TPSA) is 29.5 Å². The van der Waals surface area contributed by atoms with Crippen molar-refractivity contribution in [2.75, 3.05) is 7.11 Å². The maximum atomic E-state index is 10.3. The van der Waals surface area contributed by atoms with Gasteiger partial charge in [0.1, 0.15) is 5.75 Å². The number of ether oxygens (including phenoxy) is 1. The van der Waals surface area contributed by atoms with Crippen LogP contribution in [-0.2, 0) is 6.42 Å². The van der Waals surface area contributed by atoms with Crippen LogP contribution in [0, 0.1) is 3.57 Å². The van der Waals surface area contributed by atoms with Crippen molar-refractivity contribution in [3.63, 3.8) is 0 Å². The molecule has 2 nitrogen and oxygen atoms in total. The summed E-state index contributed by atoms with van der Waals surface area (Å²) in [7, 11) is 1.65. The molecule has 0 saturated carbocycles. The van der Waals surface area contributed by atoms with Crippen molar-refractivity contribution >= 4 is 34.2 Å². The fourth-order valence-corrected chi connectivity index (χ4v) is 2.90. The van der Waals surface area contributed by atoms with Gasteiger partial charge in [0.25, 0.3) is 0 Å². The lowest BCUT2D eigenvalue weighted by atomic mass is 10.0. The molecule has 0 saturated heterocycles. The van der Waals surface area contributed by atoms with E-state index in [0.29, 0.717) is 11.4 Å². The van der Waals surface area contributed by atoms with Crippen LogP contribution in [-0.4, -0.2) is 12.2 Å². The third-order valence-electron chi connectivity index (χ3n) is 3.18. The number of benzene rings is 2. The van der Waals surface area contributed by atoms with Gasteiger partial charge in [0, 0.05) is 8.59 Å². The molecule has 0 aliphatic carbocycles. The first-order valence-electron chi connectivity index (χ1n) is 6.36. The molecule has 0 radical (unpaired) electrons. The Balaban J connectivity index is 2.00. The molecule has 1 N–H and O–H groups in total. The average Bonchev–Trinajstić information content (AvgIpc) is 2.47. The molecule has 4 heteroatoms. The lowest BCUT2D eigenvalue weighted by molar-refractivity contribution is 0.167. The molecule has 2 aromatic rings. The van der Waals surface area contributed by atoms with Gasteiger partial charge in [-0.25, -0.2) is 0 Å². The van der Waals surface area contributed by atoms with Crippen molar-refractivity contribution in [2.24, 2.45) is 0 Å². The van der Waals surface area contributed by atoms with Gasteiger partial charge in [0.2, 0.25) is 0 Å². The van der Waals surface area contributed by atoms with E-state index in [-0.39, 0.29) is 0 Å². The van der Waals surface area contributed by atoms with E-state index in [2.05, 4.69) is 22.6 Å². The van der Waals surface area contributed by atoms with Gasteiger partial charge in [0.15, 0.2) is 0 Å². The summed E-state index contributed by atoms with van der Waals surface area (Å²) in [5.74, 6) is 0.846. The molecule has 20 heavy (non-hydrogen) atoms. The van der Waals surface area contributed by atoms with E-state index in [9.17, 15) is 5.11 Å². The maximum Gasteiger partial charge on any atom is 0.118 e. The first kappa shape index (κ1) is 15.6. The van der Waals surface area contributed by atoms with E-state index >= 15 is 0 Å². The summed E-state index contributed by atoms with van der Waals surface area (Å²) >= 11 is 8.20. The number of aryl methyl sites for hydroxylation is 1. The van der Waals surface area contributed by atoms with E-state index < -0.39 is 6.10 Å². The zero-order chi connectivity index (χ0) is 14.5. The SMILES string of the molecule is COc1ccc(CCC(O)c2cc(Cl)ccc2I)cc1. The number of halogens is 2. The number of rotatable bonds is 5. The largest absolute Gasteiger partial charge is 0.497 e. The predicted octanol–water partition coefficient (Wildman–Crippen LogP) is 4.62. The van der Waals surface area contributed by atoms with Crippen LogP contribution >= 0.6 is 34.2 Å². The van der Waals surface area contributed by atoms with Crippen LogP contribution in [0.4, 0.5) is 0 Å². The lowest BCUT2D eigenvalue weighted by Crippen LogP contribution is -2.02. The van der Waals surface area contributed by atoms with Crippen molar-refractivity contribution < 1.29 is 9.84 Å². The fraction of sp³-hybridized carbons (Fsp3) is 0.250. The molecule has 2 rings (SSSR count). The second kappa shape index (κ2) is 7.29. The monoisotopic (exact) mass is 402 g/mol. The maximum absolute atomic E-state index is 10.3. The van der Waals surface area contributed by atoms with Gasteiger partial charge in [-0.15, -0.1) is 0 Å². The molecule has 0 amide bonds. The summed E-state index contributed by atoms with van der Waals surface area (Å²) in [6.07, 6.45) is 0.985. The van der Waals surface area contributed by atoms with Gasteiger partial charge in [-0.2, -0.15) is 0 Å². The second-order valence-corrected chi connectivity index (χ2v) is 6.17. The molecule has 0 aliphatic rings. The van der Waals surface area contributed by atoms with Crippen LogP contribution in [0.15, 0.2) is 42.5 Å². The zero-order valence-corrected chi connectivity index (χ0v) is 14.1. The van der Waals surface area contributed by atoms with Crippen molar-refractivity contribution in [2.45, 2.75) is 18.9 Å². The average molecular weight is 403 g/mol. The Hall–Kier alpha value is -0.780. The number of aliphatic hydroxyl groups is 1. The van der Waals surface area contributed by atoms with Crippen LogP contribution in [0.1, 0.15) is 23.7 Å². The first-order chi connectivity index (χ1) is 9.60. The highest BCUT2D eigenvalue weighted by molar-refractivity contribution is 14.1. The first-order valence-corrected chi connectivity index (χ1v) is 7.82. The highest BCUT2D eigenvalue weighted by Crippen LogP contribution is 2.27. The quantitative estimate of drug-likeness (QED) is 0.740. The smallest absolute Gasteiger partial charge is 0.118 e. The van der Waals surface area contributed by atoms with Crippen LogP contribution in [0.2, 0.25) is 5.02 Å². The fourth-order valence-electron chi connectivity index (χ4n) is 2.02. The molecule has 0 spiro atoms. The number of methoxy groups -OCH3 is 1. The third kappa shape index (κ3) is 4.11. The Morgan fingerprint density at radius 3 is 2.55 bits per heavy atom. The van der Waals surface area contributed by atoms with Crippen LogP contribution in [0.3, 0.4) is 0 Å². The van der Waals surface area contributed by atoms with E-state index in [4.69, 9.17) is 16.3 Å². The Bertz CT molecular complexity index is 569. The van der Waals surface area contributed by atoms with E-state index in [1.165, 1.54) is 5.56 Å². The van der Waals surface area contributed by atoms with E-state index in [1.54, 1.807) is 7.11 Å². The van der Waals surface area contributed by atoms with Gasteiger partial charge < -0.3 is 9.84 Å². The Morgan fingerprint density at radius 2 is 1.90 bits per heavy atom. The lowest BCUT2D eigenvalue weighted by Gasteiger charge is -2.13. The van der Waals surface area contributed by atoms with Gasteiger partial charge in [-0.3, -0.25) is 0 Å². The second-order valence-electron chi connectivity index (χ2n) is 4.57. The summed E-state index contributed by atoms with van der Waals surface area (Å²) in [5, 5.41) is 11.0. The molecule has 2 aromatic carbocycles. The Kier molecular flexibility index (Phi) is 5.69. The molecular weight excluding hydrogens is 387 g/mol. The Morgan fingerprint density at radius 1 is 1.20 bits per heavy atom. The number of hydrogen-bond donors (Lipinski definition) is 1. The molecule has 1 atom stereocenters. The number of hydrogen-bond acceptors (Lipinski definition) is 2. The molecule has 106 valence electrons. The summed E-state index contributed by atoms with van der Waals surface area (Å²) in [4.78, 5) is 0. The van der Waals surface area contributed by atoms with E-state index in [1.807, 2.05) is 42.5 Å². The summed E-state index contributed by atoms with van der Waals surface area (Å²) in [6, 6.07) is 13.5. The van der Waals surface area contributed by atoms with E-state index in [0.717, 1.165) is 21.3 Å². The predicted molar refractivity (Wildman–Crippen MR) is 90.4 cm³/mol. The van der Waals surface area contributed by atoms with Crippen molar-refractivity contribution in [1.29, 1.82) is 0 Å². The summed E-state index contributed by atoms with van der Waals surface area (Å²) < 4.78 is 6.16.